The normalized spacial score (nSPS) is 16.9. The van der Waals surface area contributed by atoms with Gasteiger partial charge in [-0.25, -0.2) is 19.9 Å². The van der Waals surface area contributed by atoms with Gasteiger partial charge in [0.25, 0.3) is 0 Å². The van der Waals surface area contributed by atoms with Crippen LogP contribution in [0.2, 0.25) is 0 Å². The quantitative estimate of drug-likeness (QED) is 0.586. The van der Waals surface area contributed by atoms with E-state index in [1.807, 2.05) is 9.80 Å². The Balaban J connectivity index is 1.10. The standard InChI is InChI=1S/C22H30N8O2/c31-19(27-11-15-29(16-12-27)21-23-7-3-8-24-21)5-1-2-6-20(32)28-13-17-30(18-14-28)22-25-9-4-10-26-22/h3-4,7-10H,1-2,5-6,11-18H2. The summed E-state index contributed by atoms with van der Waals surface area (Å²) in [5.41, 5.74) is 0. The second-order valence-corrected chi connectivity index (χ2v) is 8.04. The number of amides is 2. The van der Waals surface area contributed by atoms with Gasteiger partial charge in [0.05, 0.1) is 0 Å². The lowest BCUT2D eigenvalue weighted by atomic mass is 10.1. The fraction of sp³-hybridized carbons (Fsp3) is 0.545. The zero-order valence-electron chi connectivity index (χ0n) is 18.3. The molecule has 2 amide bonds. The molecular weight excluding hydrogens is 408 g/mol. The van der Waals surface area contributed by atoms with E-state index in [1.54, 1.807) is 36.9 Å². The highest BCUT2D eigenvalue weighted by molar-refractivity contribution is 5.77. The number of anilines is 2. The van der Waals surface area contributed by atoms with Gasteiger partial charge in [0, 0.05) is 90.0 Å². The molecule has 0 spiro atoms. The zero-order valence-corrected chi connectivity index (χ0v) is 18.3. The van der Waals surface area contributed by atoms with Crippen molar-refractivity contribution in [2.75, 3.05) is 62.2 Å². The molecule has 0 aliphatic carbocycles. The van der Waals surface area contributed by atoms with Crippen LogP contribution in [0.5, 0.6) is 0 Å². The third kappa shape index (κ3) is 5.68. The van der Waals surface area contributed by atoms with Crippen molar-refractivity contribution in [3.8, 4) is 0 Å². The van der Waals surface area contributed by atoms with Crippen molar-refractivity contribution >= 4 is 23.7 Å². The number of hydrogen-bond acceptors (Lipinski definition) is 8. The Hall–Kier alpha value is -3.30. The van der Waals surface area contributed by atoms with E-state index >= 15 is 0 Å². The Kier molecular flexibility index (Phi) is 7.42. The van der Waals surface area contributed by atoms with Gasteiger partial charge in [0.15, 0.2) is 0 Å². The van der Waals surface area contributed by atoms with Crippen LogP contribution in [0.25, 0.3) is 0 Å². The molecule has 2 aliphatic rings. The number of carbonyl (C=O) groups is 2. The minimum atomic E-state index is 0.169. The van der Waals surface area contributed by atoms with Gasteiger partial charge in [-0.2, -0.15) is 0 Å². The molecule has 0 unspecified atom stereocenters. The second-order valence-electron chi connectivity index (χ2n) is 8.04. The molecule has 0 aromatic carbocycles. The highest BCUT2D eigenvalue weighted by Crippen LogP contribution is 2.14. The first kappa shape index (κ1) is 21.9. The van der Waals surface area contributed by atoms with Crippen molar-refractivity contribution in [2.45, 2.75) is 25.7 Å². The number of aromatic nitrogens is 4. The fourth-order valence-electron chi connectivity index (χ4n) is 4.09. The average molecular weight is 439 g/mol. The summed E-state index contributed by atoms with van der Waals surface area (Å²) in [7, 11) is 0. The summed E-state index contributed by atoms with van der Waals surface area (Å²) in [5, 5.41) is 0. The molecule has 0 N–H and O–H groups in total. The van der Waals surface area contributed by atoms with Crippen LogP contribution in [-0.4, -0.2) is 93.9 Å². The van der Waals surface area contributed by atoms with E-state index in [4.69, 9.17) is 0 Å². The minimum absolute atomic E-state index is 0.169. The molecule has 10 heteroatoms. The molecule has 0 radical (unpaired) electrons. The number of hydrogen-bond donors (Lipinski definition) is 0. The van der Waals surface area contributed by atoms with Gasteiger partial charge in [-0.15, -0.1) is 0 Å². The Labute approximate surface area is 188 Å². The van der Waals surface area contributed by atoms with Crippen molar-refractivity contribution in [2.24, 2.45) is 0 Å². The molecule has 170 valence electrons. The Bertz CT molecular complexity index is 793. The third-order valence-corrected chi connectivity index (χ3v) is 5.97. The molecule has 2 aliphatic heterocycles. The van der Waals surface area contributed by atoms with Gasteiger partial charge in [-0.1, -0.05) is 0 Å². The highest BCUT2D eigenvalue weighted by Gasteiger charge is 2.24. The third-order valence-electron chi connectivity index (χ3n) is 5.97. The summed E-state index contributed by atoms with van der Waals surface area (Å²) in [4.78, 5) is 50.2. The van der Waals surface area contributed by atoms with Crippen molar-refractivity contribution in [3.05, 3.63) is 36.9 Å². The van der Waals surface area contributed by atoms with Crippen LogP contribution in [0.15, 0.2) is 36.9 Å². The fourth-order valence-corrected chi connectivity index (χ4v) is 4.09. The summed E-state index contributed by atoms with van der Waals surface area (Å²) in [6.07, 6.45) is 9.41. The largest absolute Gasteiger partial charge is 0.339 e. The molecule has 0 atom stereocenters. The molecule has 2 saturated heterocycles. The molecule has 4 rings (SSSR count). The van der Waals surface area contributed by atoms with Gasteiger partial charge in [-0.3, -0.25) is 9.59 Å². The first-order valence-corrected chi connectivity index (χ1v) is 11.3. The van der Waals surface area contributed by atoms with Crippen LogP contribution in [0.1, 0.15) is 25.7 Å². The van der Waals surface area contributed by atoms with E-state index in [2.05, 4.69) is 29.7 Å². The van der Waals surface area contributed by atoms with Crippen molar-refractivity contribution in [3.63, 3.8) is 0 Å². The number of unbranched alkanes of at least 4 members (excludes halogenated alkanes) is 1. The summed E-state index contributed by atoms with van der Waals surface area (Å²) in [5.74, 6) is 1.77. The summed E-state index contributed by atoms with van der Waals surface area (Å²) in [6, 6.07) is 3.60. The molecule has 2 aromatic heterocycles. The molecule has 2 fully saturated rings. The zero-order chi connectivity index (χ0) is 22.2. The van der Waals surface area contributed by atoms with Gasteiger partial charge in [-0.05, 0) is 25.0 Å². The monoisotopic (exact) mass is 438 g/mol. The predicted molar refractivity (Wildman–Crippen MR) is 120 cm³/mol. The Morgan fingerprint density at radius 1 is 0.594 bits per heavy atom. The topological polar surface area (TPSA) is 98.7 Å². The van der Waals surface area contributed by atoms with Crippen LogP contribution >= 0.6 is 0 Å². The van der Waals surface area contributed by atoms with Crippen LogP contribution < -0.4 is 9.80 Å². The van der Waals surface area contributed by atoms with Crippen LogP contribution in [0.3, 0.4) is 0 Å². The second kappa shape index (κ2) is 10.8. The molecule has 0 saturated carbocycles. The van der Waals surface area contributed by atoms with Gasteiger partial charge in [0.2, 0.25) is 23.7 Å². The lowest BCUT2D eigenvalue weighted by Gasteiger charge is -2.35. The van der Waals surface area contributed by atoms with Gasteiger partial charge in [0.1, 0.15) is 0 Å². The SMILES string of the molecule is O=C(CCCCC(=O)N1CCN(c2ncccn2)CC1)N1CCN(c2ncccn2)CC1. The van der Waals surface area contributed by atoms with Crippen LogP contribution in [0, 0.1) is 0 Å². The van der Waals surface area contributed by atoms with E-state index < -0.39 is 0 Å². The maximum Gasteiger partial charge on any atom is 0.225 e. The van der Waals surface area contributed by atoms with E-state index in [9.17, 15) is 9.59 Å². The van der Waals surface area contributed by atoms with Crippen LogP contribution in [-0.2, 0) is 9.59 Å². The molecule has 2 aromatic rings. The van der Waals surface area contributed by atoms with Crippen LogP contribution in [0.4, 0.5) is 11.9 Å². The predicted octanol–water partition coefficient (Wildman–Crippen LogP) is 0.824. The lowest BCUT2D eigenvalue weighted by molar-refractivity contribution is -0.133. The summed E-state index contributed by atoms with van der Waals surface area (Å²) >= 11 is 0. The molecular formula is C22H30N8O2. The highest BCUT2D eigenvalue weighted by atomic mass is 16.2. The van der Waals surface area contributed by atoms with E-state index in [0.29, 0.717) is 39.0 Å². The average Bonchev–Trinajstić information content (AvgIpc) is 2.87. The summed E-state index contributed by atoms with van der Waals surface area (Å²) in [6.45, 7) is 5.72. The molecule has 0 bridgehead atoms. The van der Waals surface area contributed by atoms with Crippen molar-refractivity contribution in [1.82, 2.24) is 29.7 Å². The minimum Gasteiger partial charge on any atom is -0.339 e. The van der Waals surface area contributed by atoms with E-state index in [0.717, 1.165) is 50.9 Å². The lowest BCUT2D eigenvalue weighted by Crippen LogP contribution is -2.49. The summed E-state index contributed by atoms with van der Waals surface area (Å²) < 4.78 is 0. The van der Waals surface area contributed by atoms with E-state index in [-0.39, 0.29) is 11.8 Å². The maximum absolute atomic E-state index is 12.5. The smallest absolute Gasteiger partial charge is 0.225 e. The number of carbonyl (C=O) groups excluding carboxylic acids is 2. The van der Waals surface area contributed by atoms with Gasteiger partial charge >= 0.3 is 0 Å². The van der Waals surface area contributed by atoms with Crippen molar-refractivity contribution in [1.29, 1.82) is 0 Å². The molecule has 4 heterocycles. The Morgan fingerprint density at radius 3 is 1.28 bits per heavy atom. The first-order chi connectivity index (χ1) is 15.7. The molecule has 10 nitrogen and oxygen atoms in total. The number of piperazine rings is 2. The van der Waals surface area contributed by atoms with Gasteiger partial charge < -0.3 is 19.6 Å². The molecule has 32 heavy (non-hydrogen) atoms. The first-order valence-electron chi connectivity index (χ1n) is 11.3. The maximum atomic E-state index is 12.5. The number of nitrogens with zero attached hydrogens (tertiary/aromatic N) is 8. The van der Waals surface area contributed by atoms with E-state index in [1.165, 1.54) is 0 Å². The van der Waals surface area contributed by atoms with Crippen molar-refractivity contribution < 1.29 is 9.59 Å². The number of rotatable bonds is 7. The Morgan fingerprint density at radius 2 is 0.938 bits per heavy atom.